The molecule has 4 heteroatoms. The zero-order valence-electron chi connectivity index (χ0n) is 28.6. The van der Waals surface area contributed by atoms with E-state index in [2.05, 4.69) is 38.2 Å². The summed E-state index contributed by atoms with van der Waals surface area (Å²) in [6.45, 7) is 4.34. The zero-order chi connectivity index (χ0) is 31.5. The van der Waals surface area contributed by atoms with Crippen molar-refractivity contribution in [1.82, 2.24) is 0 Å². The number of aldehydes is 1. The molecule has 0 saturated heterocycles. The molecule has 0 saturated carbocycles. The number of carbonyl (C=O) groups is 3. The van der Waals surface area contributed by atoms with Crippen molar-refractivity contribution in [2.75, 3.05) is 0 Å². The average molecular weight is 603 g/mol. The summed E-state index contributed by atoms with van der Waals surface area (Å²) in [5.74, 6) is -0.759. The Bertz CT molecular complexity index is 681. The van der Waals surface area contributed by atoms with Crippen LogP contribution in [0, 0.1) is 5.92 Å². The number of esters is 2. The monoisotopic (exact) mass is 603 g/mol. The molecule has 0 amide bonds. The second-order valence-electron chi connectivity index (χ2n) is 12.6. The summed E-state index contributed by atoms with van der Waals surface area (Å²) in [5.41, 5.74) is 0. The number of ether oxygens (including phenoxy) is 1. The average Bonchev–Trinajstić information content (AvgIpc) is 3.00. The van der Waals surface area contributed by atoms with E-state index in [9.17, 15) is 14.4 Å². The topological polar surface area (TPSA) is 60.4 Å². The van der Waals surface area contributed by atoms with E-state index in [1.807, 2.05) is 0 Å². The van der Waals surface area contributed by atoms with Crippen LogP contribution in [0.2, 0.25) is 0 Å². The summed E-state index contributed by atoms with van der Waals surface area (Å²) in [7, 11) is 0. The lowest BCUT2D eigenvalue weighted by molar-refractivity contribution is -0.163. The Morgan fingerprint density at radius 2 is 0.977 bits per heavy atom. The van der Waals surface area contributed by atoms with Crippen molar-refractivity contribution in [1.29, 1.82) is 0 Å². The van der Waals surface area contributed by atoms with Crippen LogP contribution in [-0.2, 0) is 19.1 Å². The van der Waals surface area contributed by atoms with Crippen molar-refractivity contribution in [3.8, 4) is 0 Å². The van der Waals surface area contributed by atoms with Gasteiger partial charge in [0.05, 0.1) is 5.92 Å². The standard InChI is InChI=1S/C39H70O4/c1-3-5-6-7-8-9-10-11-12-16-19-22-25-28-31-35-38(41)43-39(42)37(33-4-2)34-30-27-24-21-18-15-13-14-17-20-23-26-29-32-36-40/h8-9,11-12,36-37H,3-7,10,13-35H2,1-2H3. The van der Waals surface area contributed by atoms with Crippen LogP contribution in [0.3, 0.4) is 0 Å². The predicted molar refractivity (Wildman–Crippen MR) is 184 cm³/mol. The van der Waals surface area contributed by atoms with Crippen molar-refractivity contribution in [3.63, 3.8) is 0 Å². The van der Waals surface area contributed by atoms with E-state index in [1.54, 1.807) is 0 Å². The molecule has 4 nitrogen and oxygen atoms in total. The molecule has 1 atom stereocenters. The fourth-order valence-corrected chi connectivity index (χ4v) is 5.62. The van der Waals surface area contributed by atoms with Crippen molar-refractivity contribution in [2.45, 2.75) is 200 Å². The highest BCUT2D eigenvalue weighted by molar-refractivity contribution is 5.86. The molecule has 43 heavy (non-hydrogen) atoms. The Morgan fingerprint density at radius 3 is 1.49 bits per heavy atom. The van der Waals surface area contributed by atoms with E-state index in [1.165, 1.54) is 103 Å². The first kappa shape index (κ1) is 41.3. The molecule has 0 aromatic carbocycles. The van der Waals surface area contributed by atoms with Crippen LogP contribution in [0.25, 0.3) is 0 Å². The van der Waals surface area contributed by atoms with Crippen molar-refractivity contribution >= 4 is 18.2 Å². The molecule has 0 aliphatic carbocycles. The molecular weight excluding hydrogens is 532 g/mol. The van der Waals surface area contributed by atoms with Gasteiger partial charge in [-0.25, -0.2) is 0 Å². The van der Waals surface area contributed by atoms with Gasteiger partial charge in [-0.05, 0) is 57.8 Å². The minimum atomic E-state index is -0.338. The maximum Gasteiger partial charge on any atom is 0.316 e. The van der Waals surface area contributed by atoms with E-state index < -0.39 is 0 Å². The van der Waals surface area contributed by atoms with Gasteiger partial charge >= 0.3 is 11.9 Å². The van der Waals surface area contributed by atoms with Gasteiger partial charge in [0.15, 0.2) is 0 Å². The van der Waals surface area contributed by atoms with Gasteiger partial charge in [-0.3, -0.25) is 9.59 Å². The minimum Gasteiger partial charge on any atom is -0.393 e. The van der Waals surface area contributed by atoms with Gasteiger partial charge in [0.1, 0.15) is 6.29 Å². The molecule has 250 valence electrons. The largest absolute Gasteiger partial charge is 0.393 e. The molecule has 0 aliphatic rings. The molecular formula is C39H70O4. The SMILES string of the molecule is CCCCCC=CCC=CCCCCCCCC(=O)OC(=O)C(CCC)CCCCCCCCCCCCCCCC=O. The number of allylic oxidation sites excluding steroid dienone is 4. The molecule has 0 heterocycles. The van der Waals surface area contributed by atoms with E-state index in [0.29, 0.717) is 6.42 Å². The number of hydrogen-bond donors (Lipinski definition) is 0. The van der Waals surface area contributed by atoms with Gasteiger partial charge in [-0.15, -0.1) is 0 Å². The summed E-state index contributed by atoms with van der Waals surface area (Å²) >= 11 is 0. The van der Waals surface area contributed by atoms with Gasteiger partial charge in [0.25, 0.3) is 0 Å². The highest BCUT2D eigenvalue weighted by Gasteiger charge is 2.21. The molecule has 0 fully saturated rings. The van der Waals surface area contributed by atoms with Crippen molar-refractivity contribution in [3.05, 3.63) is 24.3 Å². The second kappa shape index (κ2) is 34.8. The third kappa shape index (κ3) is 31.5. The summed E-state index contributed by atoms with van der Waals surface area (Å²) in [4.78, 5) is 35.2. The maximum absolute atomic E-state index is 12.6. The predicted octanol–water partition coefficient (Wildman–Crippen LogP) is 12.3. The number of unbranched alkanes of at least 4 members (excludes halogenated alkanes) is 21. The molecule has 0 N–H and O–H groups in total. The second-order valence-corrected chi connectivity index (χ2v) is 12.6. The number of rotatable bonds is 33. The van der Waals surface area contributed by atoms with Crippen LogP contribution in [0.5, 0.6) is 0 Å². The summed E-state index contributed by atoms with van der Waals surface area (Å²) < 4.78 is 5.25. The highest BCUT2D eigenvalue weighted by atomic mass is 16.6. The van der Waals surface area contributed by atoms with E-state index >= 15 is 0 Å². The van der Waals surface area contributed by atoms with Crippen molar-refractivity contribution in [2.24, 2.45) is 5.92 Å². The highest BCUT2D eigenvalue weighted by Crippen LogP contribution is 2.20. The lowest BCUT2D eigenvalue weighted by atomic mass is 9.96. The fourth-order valence-electron chi connectivity index (χ4n) is 5.62. The van der Waals surface area contributed by atoms with Crippen LogP contribution in [-0.4, -0.2) is 18.2 Å². The summed E-state index contributed by atoms with van der Waals surface area (Å²) in [6.07, 6.45) is 42.7. The lowest BCUT2D eigenvalue weighted by Crippen LogP contribution is -2.21. The molecule has 1 unspecified atom stereocenters. The molecule has 0 aromatic heterocycles. The van der Waals surface area contributed by atoms with Crippen LogP contribution >= 0.6 is 0 Å². The quantitative estimate of drug-likeness (QED) is 0.0246. The lowest BCUT2D eigenvalue weighted by Gasteiger charge is -2.14. The Kier molecular flexibility index (Phi) is 33.4. The fraction of sp³-hybridized carbons (Fsp3) is 0.821. The molecule has 0 aromatic rings. The normalized spacial score (nSPS) is 12.3. The van der Waals surface area contributed by atoms with Gasteiger partial charge in [0.2, 0.25) is 0 Å². The third-order valence-corrected chi connectivity index (χ3v) is 8.39. The summed E-state index contributed by atoms with van der Waals surface area (Å²) in [6, 6.07) is 0. The van der Waals surface area contributed by atoms with E-state index in [-0.39, 0.29) is 17.9 Å². The van der Waals surface area contributed by atoms with E-state index in [4.69, 9.17) is 4.74 Å². The molecule has 0 aliphatic heterocycles. The minimum absolute atomic E-state index is 0.128. The van der Waals surface area contributed by atoms with Gasteiger partial charge in [-0.1, -0.05) is 154 Å². The van der Waals surface area contributed by atoms with Gasteiger partial charge < -0.3 is 9.53 Å². The van der Waals surface area contributed by atoms with Crippen LogP contribution in [0.1, 0.15) is 200 Å². The Hall–Kier alpha value is -1.71. The van der Waals surface area contributed by atoms with Crippen molar-refractivity contribution < 1.29 is 19.1 Å². The molecule has 0 radical (unpaired) electrons. The maximum atomic E-state index is 12.6. The Balaban J connectivity index is 3.70. The molecule has 0 bridgehead atoms. The third-order valence-electron chi connectivity index (χ3n) is 8.39. The zero-order valence-corrected chi connectivity index (χ0v) is 28.6. The number of carbonyl (C=O) groups excluding carboxylic acids is 3. The Labute approximate surface area is 267 Å². The first-order valence-corrected chi connectivity index (χ1v) is 18.6. The van der Waals surface area contributed by atoms with Crippen LogP contribution in [0.4, 0.5) is 0 Å². The van der Waals surface area contributed by atoms with E-state index in [0.717, 1.165) is 83.3 Å². The first-order valence-electron chi connectivity index (χ1n) is 18.6. The first-order chi connectivity index (χ1) is 21.2. The van der Waals surface area contributed by atoms with Crippen LogP contribution in [0.15, 0.2) is 24.3 Å². The van der Waals surface area contributed by atoms with Gasteiger partial charge in [0, 0.05) is 12.8 Å². The Morgan fingerprint density at radius 1 is 0.512 bits per heavy atom. The smallest absolute Gasteiger partial charge is 0.316 e. The van der Waals surface area contributed by atoms with Crippen LogP contribution < -0.4 is 0 Å². The number of hydrogen-bond acceptors (Lipinski definition) is 4. The summed E-state index contributed by atoms with van der Waals surface area (Å²) in [5, 5.41) is 0. The van der Waals surface area contributed by atoms with Gasteiger partial charge in [-0.2, -0.15) is 0 Å². The molecule has 0 spiro atoms. The molecule has 0 rings (SSSR count).